The standard InChI is InChI=1S/C15H28N2O/c1-18-10-7-15(5-6-15)12-16-13-4-9-17-8-2-3-14(17)11-13/h13-14,16H,2-12H2,1H3. The van der Waals surface area contributed by atoms with Crippen LogP contribution in [0.5, 0.6) is 0 Å². The van der Waals surface area contributed by atoms with E-state index < -0.39 is 0 Å². The molecule has 2 unspecified atom stereocenters. The van der Waals surface area contributed by atoms with E-state index in [0.29, 0.717) is 5.41 Å². The Morgan fingerprint density at radius 1 is 1.28 bits per heavy atom. The highest BCUT2D eigenvalue weighted by Crippen LogP contribution is 2.48. The van der Waals surface area contributed by atoms with Crippen LogP contribution in [-0.2, 0) is 4.74 Å². The normalized spacial score (nSPS) is 34.5. The first-order valence-corrected chi connectivity index (χ1v) is 7.78. The Morgan fingerprint density at radius 2 is 2.17 bits per heavy atom. The van der Waals surface area contributed by atoms with Crippen LogP contribution in [-0.4, -0.2) is 50.3 Å². The van der Waals surface area contributed by atoms with E-state index in [-0.39, 0.29) is 0 Å². The van der Waals surface area contributed by atoms with Crippen molar-refractivity contribution in [2.24, 2.45) is 5.41 Å². The van der Waals surface area contributed by atoms with Gasteiger partial charge in [-0.15, -0.1) is 0 Å². The van der Waals surface area contributed by atoms with Gasteiger partial charge in [0.05, 0.1) is 0 Å². The minimum Gasteiger partial charge on any atom is -0.385 e. The van der Waals surface area contributed by atoms with Gasteiger partial charge in [-0.1, -0.05) is 0 Å². The van der Waals surface area contributed by atoms with Crippen molar-refractivity contribution < 1.29 is 4.74 Å². The van der Waals surface area contributed by atoms with Gasteiger partial charge in [-0.25, -0.2) is 0 Å². The molecule has 3 rings (SSSR count). The third-order valence-electron chi connectivity index (χ3n) is 5.38. The zero-order valence-electron chi connectivity index (χ0n) is 11.8. The van der Waals surface area contributed by atoms with Gasteiger partial charge in [-0.2, -0.15) is 0 Å². The Balaban J connectivity index is 1.41. The molecule has 3 aliphatic rings. The molecule has 1 saturated carbocycles. The van der Waals surface area contributed by atoms with Crippen molar-refractivity contribution >= 4 is 0 Å². The number of hydrogen-bond donors (Lipinski definition) is 1. The first-order chi connectivity index (χ1) is 8.81. The quantitative estimate of drug-likeness (QED) is 0.783. The van der Waals surface area contributed by atoms with Crippen molar-refractivity contribution in [2.45, 2.75) is 57.0 Å². The molecule has 1 aliphatic carbocycles. The first kappa shape index (κ1) is 12.9. The predicted octanol–water partition coefficient (Wildman–Crippen LogP) is 2.02. The molecule has 0 aromatic rings. The van der Waals surface area contributed by atoms with Crippen molar-refractivity contribution in [3.63, 3.8) is 0 Å². The topological polar surface area (TPSA) is 24.5 Å². The number of piperidine rings is 1. The van der Waals surface area contributed by atoms with E-state index in [1.165, 1.54) is 64.6 Å². The molecule has 2 atom stereocenters. The maximum Gasteiger partial charge on any atom is 0.0468 e. The number of hydrogen-bond acceptors (Lipinski definition) is 3. The summed E-state index contributed by atoms with van der Waals surface area (Å²) in [6.45, 7) is 4.85. The smallest absolute Gasteiger partial charge is 0.0468 e. The van der Waals surface area contributed by atoms with E-state index in [9.17, 15) is 0 Å². The van der Waals surface area contributed by atoms with E-state index in [1.807, 2.05) is 7.11 Å². The maximum absolute atomic E-state index is 5.23. The molecule has 1 N–H and O–H groups in total. The largest absolute Gasteiger partial charge is 0.385 e. The van der Waals surface area contributed by atoms with Crippen LogP contribution < -0.4 is 5.32 Å². The molecule has 3 nitrogen and oxygen atoms in total. The molecule has 2 aliphatic heterocycles. The number of ether oxygens (including phenoxy) is 1. The fraction of sp³-hybridized carbons (Fsp3) is 1.00. The highest BCUT2D eigenvalue weighted by molar-refractivity contribution is 4.97. The number of rotatable bonds is 6. The van der Waals surface area contributed by atoms with E-state index >= 15 is 0 Å². The van der Waals surface area contributed by atoms with Crippen molar-refractivity contribution in [3.05, 3.63) is 0 Å². The number of nitrogens with zero attached hydrogens (tertiary/aromatic N) is 1. The van der Waals surface area contributed by atoms with Crippen LogP contribution >= 0.6 is 0 Å². The molecule has 3 fully saturated rings. The lowest BCUT2D eigenvalue weighted by atomic mass is 9.96. The van der Waals surface area contributed by atoms with Crippen LogP contribution in [0.25, 0.3) is 0 Å². The fourth-order valence-electron chi connectivity index (χ4n) is 3.78. The van der Waals surface area contributed by atoms with Crippen molar-refractivity contribution in [2.75, 3.05) is 33.4 Å². The summed E-state index contributed by atoms with van der Waals surface area (Å²) in [6, 6.07) is 1.68. The Hall–Kier alpha value is -0.120. The lowest BCUT2D eigenvalue weighted by molar-refractivity contribution is 0.152. The molecule has 0 bridgehead atoms. The average Bonchev–Trinajstić information content (AvgIpc) is 3.02. The van der Waals surface area contributed by atoms with Crippen LogP contribution in [0.15, 0.2) is 0 Å². The molecule has 2 heterocycles. The molecule has 3 heteroatoms. The van der Waals surface area contributed by atoms with Gasteiger partial charge in [0, 0.05) is 32.3 Å². The monoisotopic (exact) mass is 252 g/mol. The third kappa shape index (κ3) is 2.89. The second-order valence-corrected chi connectivity index (χ2v) is 6.68. The molecular formula is C15H28N2O. The SMILES string of the molecule is COCCC1(CNC2CCN3CCCC3C2)CC1. The highest BCUT2D eigenvalue weighted by Gasteiger charge is 2.42. The average molecular weight is 252 g/mol. The van der Waals surface area contributed by atoms with E-state index in [0.717, 1.165) is 18.7 Å². The summed E-state index contributed by atoms with van der Waals surface area (Å²) in [7, 11) is 1.82. The van der Waals surface area contributed by atoms with Gasteiger partial charge in [0.15, 0.2) is 0 Å². The zero-order valence-corrected chi connectivity index (χ0v) is 11.8. The summed E-state index contributed by atoms with van der Waals surface area (Å²) in [5, 5.41) is 3.86. The van der Waals surface area contributed by atoms with Crippen LogP contribution in [0.2, 0.25) is 0 Å². The Morgan fingerprint density at radius 3 is 2.94 bits per heavy atom. The van der Waals surface area contributed by atoms with Crippen LogP contribution in [0.4, 0.5) is 0 Å². The lowest BCUT2D eigenvalue weighted by Crippen LogP contribution is -2.47. The zero-order chi connectivity index (χ0) is 12.4. The predicted molar refractivity (Wildman–Crippen MR) is 73.8 cm³/mol. The van der Waals surface area contributed by atoms with Gasteiger partial charge < -0.3 is 15.0 Å². The summed E-state index contributed by atoms with van der Waals surface area (Å²) >= 11 is 0. The minimum absolute atomic E-state index is 0.600. The maximum atomic E-state index is 5.23. The van der Waals surface area contributed by atoms with E-state index in [2.05, 4.69) is 10.2 Å². The molecule has 0 radical (unpaired) electrons. The molecule has 0 aromatic carbocycles. The summed E-state index contributed by atoms with van der Waals surface area (Å²) in [6.07, 6.45) is 9.68. The summed E-state index contributed by atoms with van der Waals surface area (Å²) in [5.74, 6) is 0. The Bertz CT molecular complexity index is 278. The highest BCUT2D eigenvalue weighted by atomic mass is 16.5. The number of nitrogens with one attached hydrogen (secondary N) is 1. The lowest BCUT2D eigenvalue weighted by Gasteiger charge is -2.36. The summed E-state index contributed by atoms with van der Waals surface area (Å²) in [5.41, 5.74) is 0.600. The second-order valence-electron chi connectivity index (χ2n) is 6.68. The Labute approximate surface area is 111 Å². The second kappa shape index (κ2) is 5.48. The van der Waals surface area contributed by atoms with Gasteiger partial charge in [-0.3, -0.25) is 0 Å². The molecular weight excluding hydrogens is 224 g/mol. The van der Waals surface area contributed by atoms with Gasteiger partial charge in [0.25, 0.3) is 0 Å². The summed E-state index contributed by atoms with van der Waals surface area (Å²) in [4.78, 5) is 2.70. The van der Waals surface area contributed by atoms with Crippen LogP contribution in [0, 0.1) is 5.41 Å². The minimum atomic E-state index is 0.600. The fourth-order valence-corrected chi connectivity index (χ4v) is 3.78. The molecule has 0 amide bonds. The number of methoxy groups -OCH3 is 1. The first-order valence-electron chi connectivity index (χ1n) is 7.78. The van der Waals surface area contributed by atoms with Crippen molar-refractivity contribution in [1.29, 1.82) is 0 Å². The number of fused-ring (bicyclic) bond motifs is 1. The molecule has 2 saturated heterocycles. The van der Waals surface area contributed by atoms with Crippen LogP contribution in [0.3, 0.4) is 0 Å². The van der Waals surface area contributed by atoms with E-state index in [1.54, 1.807) is 0 Å². The van der Waals surface area contributed by atoms with Crippen LogP contribution in [0.1, 0.15) is 44.9 Å². The molecule has 18 heavy (non-hydrogen) atoms. The Kier molecular flexibility index (Phi) is 3.92. The van der Waals surface area contributed by atoms with Crippen molar-refractivity contribution in [3.8, 4) is 0 Å². The van der Waals surface area contributed by atoms with E-state index in [4.69, 9.17) is 4.74 Å². The molecule has 0 aromatic heterocycles. The summed E-state index contributed by atoms with van der Waals surface area (Å²) < 4.78 is 5.23. The van der Waals surface area contributed by atoms with Gasteiger partial charge >= 0.3 is 0 Å². The van der Waals surface area contributed by atoms with Gasteiger partial charge in [0.2, 0.25) is 0 Å². The van der Waals surface area contributed by atoms with Crippen molar-refractivity contribution in [1.82, 2.24) is 10.2 Å². The third-order valence-corrected chi connectivity index (χ3v) is 5.38. The van der Waals surface area contributed by atoms with Gasteiger partial charge in [-0.05, 0) is 63.5 Å². The molecule has 104 valence electrons. The van der Waals surface area contributed by atoms with Gasteiger partial charge in [0.1, 0.15) is 0 Å². The molecule has 0 spiro atoms.